The average molecular weight is 409 g/mol. The maximum atomic E-state index is 14.5. The van der Waals surface area contributed by atoms with Crippen molar-refractivity contribution in [3.63, 3.8) is 0 Å². The fourth-order valence-electron chi connectivity index (χ4n) is 4.07. The SMILES string of the molecule is Cc1c(C2N=NC(C)Cc3cc4c(cc32)OC(C)C(=O)N4)sc2cccc(F)c12. The van der Waals surface area contributed by atoms with Gasteiger partial charge in [0.1, 0.15) is 17.6 Å². The van der Waals surface area contributed by atoms with E-state index in [1.54, 1.807) is 24.3 Å². The molecule has 3 heterocycles. The number of hydrogen-bond acceptors (Lipinski definition) is 5. The van der Waals surface area contributed by atoms with E-state index in [1.807, 2.05) is 32.0 Å². The lowest BCUT2D eigenvalue weighted by atomic mass is 9.93. The minimum atomic E-state index is -0.550. The molecule has 1 N–H and O–H groups in total. The van der Waals surface area contributed by atoms with Gasteiger partial charge in [0.25, 0.3) is 5.91 Å². The summed E-state index contributed by atoms with van der Waals surface area (Å²) in [6.45, 7) is 5.68. The summed E-state index contributed by atoms with van der Waals surface area (Å²) in [5.74, 6) is 0.267. The van der Waals surface area contributed by atoms with Crippen LogP contribution in [0.1, 0.15) is 41.5 Å². The van der Waals surface area contributed by atoms with Gasteiger partial charge in [0.05, 0.1) is 11.7 Å². The Morgan fingerprint density at radius 1 is 1.24 bits per heavy atom. The molecule has 2 aliphatic heterocycles. The van der Waals surface area contributed by atoms with E-state index in [0.29, 0.717) is 23.2 Å². The van der Waals surface area contributed by atoms with Crippen LogP contribution < -0.4 is 10.1 Å². The number of amides is 1. The van der Waals surface area contributed by atoms with Gasteiger partial charge >= 0.3 is 0 Å². The zero-order chi connectivity index (χ0) is 20.3. The van der Waals surface area contributed by atoms with Gasteiger partial charge in [-0.1, -0.05) is 6.07 Å². The van der Waals surface area contributed by atoms with Crippen molar-refractivity contribution in [3.8, 4) is 5.75 Å². The second kappa shape index (κ2) is 6.62. The van der Waals surface area contributed by atoms with Crippen LogP contribution in [0.15, 0.2) is 40.6 Å². The van der Waals surface area contributed by atoms with Crippen LogP contribution in [0, 0.1) is 12.7 Å². The second-order valence-corrected chi connectivity index (χ2v) is 8.77. The van der Waals surface area contributed by atoms with Crippen LogP contribution in [0.3, 0.4) is 0 Å². The molecule has 2 aromatic carbocycles. The van der Waals surface area contributed by atoms with Gasteiger partial charge in [-0.15, -0.1) is 11.3 Å². The summed E-state index contributed by atoms with van der Waals surface area (Å²) in [7, 11) is 0. The highest BCUT2D eigenvalue weighted by atomic mass is 32.1. The number of nitrogens with one attached hydrogen (secondary N) is 1. The highest BCUT2D eigenvalue weighted by Gasteiger charge is 2.31. The lowest BCUT2D eigenvalue weighted by molar-refractivity contribution is -0.122. The number of hydrogen-bond donors (Lipinski definition) is 1. The molecular weight excluding hydrogens is 389 g/mol. The zero-order valence-electron chi connectivity index (χ0n) is 16.3. The van der Waals surface area contributed by atoms with Crippen molar-refractivity contribution in [2.24, 2.45) is 10.2 Å². The van der Waals surface area contributed by atoms with E-state index in [0.717, 1.165) is 26.3 Å². The smallest absolute Gasteiger partial charge is 0.265 e. The molecule has 3 unspecified atom stereocenters. The van der Waals surface area contributed by atoms with E-state index in [2.05, 4.69) is 15.5 Å². The summed E-state index contributed by atoms with van der Waals surface area (Å²) < 4.78 is 21.2. The standard InChI is InChI=1S/C22H20FN3O2S/c1-10-7-13-8-16-17(28-12(3)22(27)24-16)9-14(13)20(26-25-10)21-11(2)19-15(23)5-4-6-18(19)29-21/h4-6,8-10,12,20H,7H2,1-3H3,(H,24,27). The van der Waals surface area contributed by atoms with Gasteiger partial charge in [-0.25, -0.2) is 4.39 Å². The molecule has 0 saturated carbocycles. The van der Waals surface area contributed by atoms with Crippen LogP contribution in [0.2, 0.25) is 0 Å². The predicted octanol–water partition coefficient (Wildman–Crippen LogP) is 5.55. The Morgan fingerprint density at radius 3 is 2.86 bits per heavy atom. The van der Waals surface area contributed by atoms with E-state index in [-0.39, 0.29) is 23.8 Å². The van der Waals surface area contributed by atoms with Gasteiger partial charge in [0.15, 0.2) is 6.10 Å². The Morgan fingerprint density at radius 2 is 2.07 bits per heavy atom. The molecule has 148 valence electrons. The first kappa shape index (κ1) is 18.2. The molecular formula is C22H20FN3O2S. The normalized spacial score (nSPS) is 23.2. The Bertz CT molecular complexity index is 1190. The summed E-state index contributed by atoms with van der Waals surface area (Å²) in [5, 5.41) is 12.7. The fraction of sp³-hybridized carbons (Fsp3) is 0.318. The molecule has 0 aliphatic carbocycles. The molecule has 1 amide bonds. The van der Waals surface area contributed by atoms with E-state index in [1.165, 1.54) is 6.07 Å². The van der Waals surface area contributed by atoms with Crippen LogP contribution >= 0.6 is 11.3 Å². The van der Waals surface area contributed by atoms with Crippen molar-refractivity contribution < 1.29 is 13.9 Å². The van der Waals surface area contributed by atoms with Crippen LogP contribution in [0.4, 0.5) is 10.1 Å². The van der Waals surface area contributed by atoms with Crippen molar-refractivity contribution in [1.29, 1.82) is 0 Å². The highest BCUT2D eigenvalue weighted by Crippen LogP contribution is 2.45. The largest absolute Gasteiger partial charge is 0.479 e. The number of aryl methyl sites for hydroxylation is 1. The number of carbonyl (C=O) groups is 1. The summed E-state index contributed by atoms with van der Waals surface area (Å²) in [6, 6.07) is 8.78. The average Bonchev–Trinajstić information content (AvgIpc) is 2.92. The number of rotatable bonds is 1. The van der Waals surface area contributed by atoms with Crippen LogP contribution in [0.5, 0.6) is 5.75 Å². The van der Waals surface area contributed by atoms with Gasteiger partial charge in [0, 0.05) is 15.0 Å². The Kier molecular flexibility index (Phi) is 4.17. The van der Waals surface area contributed by atoms with Gasteiger partial charge in [-0.2, -0.15) is 10.2 Å². The molecule has 3 atom stereocenters. The second-order valence-electron chi connectivity index (χ2n) is 7.69. The summed E-state index contributed by atoms with van der Waals surface area (Å²) in [4.78, 5) is 13.0. The van der Waals surface area contributed by atoms with Crippen molar-refractivity contribution in [3.05, 3.63) is 57.7 Å². The molecule has 0 radical (unpaired) electrons. The van der Waals surface area contributed by atoms with E-state index in [4.69, 9.17) is 4.74 Å². The molecule has 5 nitrogen and oxygen atoms in total. The number of azo groups is 1. The van der Waals surface area contributed by atoms with Crippen molar-refractivity contribution in [2.75, 3.05) is 5.32 Å². The Labute approximate surface area is 171 Å². The molecule has 5 rings (SSSR count). The summed E-state index contributed by atoms with van der Waals surface area (Å²) in [5.41, 5.74) is 3.64. The number of ether oxygens (including phenoxy) is 1. The summed E-state index contributed by atoms with van der Waals surface area (Å²) in [6.07, 6.45) is 0.164. The van der Waals surface area contributed by atoms with Gasteiger partial charge in [-0.3, -0.25) is 4.79 Å². The molecule has 29 heavy (non-hydrogen) atoms. The van der Waals surface area contributed by atoms with E-state index < -0.39 is 6.10 Å². The van der Waals surface area contributed by atoms with Crippen LogP contribution in [-0.2, 0) is 11.2 Å². The molecule has 7 heteroatoms. The molecule has 2 aliphatic rings. The third-order valence-corrected chi connectivity index (χ3v) is 6.86. The van der Waals surface area contributed by atoms with Gasteiger partial charge < -0.3 is 10.1 Å². The summed E-state index contributed by atoms with van der Waals surface area (Å²) >= 11 is 1.55. The first-order valence-corrected chi connectivity index (χ1v) is 10.5. The minimum Gasteiger partial charge on any atom is -0.479 e. The third kappa shape index (κ3) is 2.92. The number of nitrogens with zero attached hydrogens (tertiary/aromatic N) is 2. The number of thiophene rings is 1. The lowest BCUT2D eigenvalue weighted by Gasteiger charge is -2.26. The highest BCUT2D eigenvalue weighted by molar-refractivity contribution is 7.19. The lowest BCUT2D eigenvalue weighted by Crippen LogP contribution is -2.34. The van der Waals surface area contributed by atoms with Gasteiger partial charge in [0.2, 0.25) is 0 Å². The fourth-order valence-corrected chi connectivity index (χ4v) is 5.35. The van der Waals surface area contributed by atoms with Crippen LogP contribution in [-0.4, -0.2) is 18.1 Å². The van der Waals surface area contributed by atoms with Crippen molar-refractivity contribution in [1.82, 2.24) is 0 Å². The maximum absolute atomic E-state index is 14.5. The Hall–Kier alpha value is -2.80. The third-order valence-electron chi connectivity index (χ3n) is 5.55. The molecule has 0 saturated heterocycles. The Balaban J connectivity index is 1.71. The topological polar surface area (TPSA) is 63.1 Å². The van der Waals surface area contributed by atoms with Gasteiger partial charge in [-0.05, 0) is 68.1 Å². The van der Waals surface area contributed by atoms with Crippen molar-refractivity contribution >= 4 is 33.0 Å². The number of carbonyl (C=O) groups excluding carboxylic acids is 1. The number of fused-ring (bicyclic) bond motifs is 3. The van der Waals surface area contributed by atoms with E-state index in [9.17, 15) is 9.18 Å². The predicted molar refractivity (Wildman–Crippen MR) is 112 cm³/mol. The van der Waals surface area contributed by atoms with Crippen LogP contribution in [0.25, 0.3) is 10.1 Å². The first-order valence-electron chi connectivity index (χ1n) is 9.64. The molecule has 1 aromatic heterocycles. The maximum Gasteiger partial charge on any atom is 0.265 e. The zero-order valence-corrected chi connectivity index (χ0v) is 17.1. The number of benzene rings is 2. The molecule has 3 aromatic rings. The monoisotopic (exact) mass is 409 g/mol. The number of halogens is 1. The molecule has 0 spiro atoms. The minimum absolute atomic E-state index is 0.0161. The first-order chi connectivity index (χ1) is 13.9. The quantitative estimate of drug-likeness (QED) is 0.572. The number of anilines is 1. The molecule has 0 fully saturated rings. The van der Waals surface area contributed by atoms with E-state index >= 15 is 0 Å². The van der Waals surface area contributed by atoms with Crippen molar-refractivity contribution in [2.45, 2.75) is 45.4 Å². The molecule has 0 bridgehead atoms.